The number of benzene rings is 1. The van der Waals surface area contributed by atoms with Gasteiger partial charge in [-0.25, -0.2) is 4.98 Å². The van der Waals surface area contributed by atoms with Crippen molar-refractivity contribution in [1.29, 1.82) is 0 Å². The maximum atomic E-state index is 5.21. The van der Waals surface area contributed by atoms with Crippen molar-refractivity contribution in [3.63, 3.8) is 0 Å². The molecular formula is C17H14N4OS. The Balaban J connectivity index is 1.82. The van der Waals surface area contributed by atoms with Crippen molar-refractivity contribution in [3.05, 3.63) is 59.7 Å². The number of imidazole rings is 1. The summed E-state index contributed by atoms with van der Waals surface area (Å²) in [5, 5.41) is 7.60. The Morgan fingerprint density at radius 1 is 1.17 bits per heavy atom. The molecule has 0 aliphatic rings. The molecule has 0 spiro atoms. The topological polar surface area (TPSA) is 51.5 Å². The van der Waals surface area contributed by atoms with Gasteiger partial charge < -0.3 is 10.1 Å². The van der Waals surface area contributed by atoms with Crippen LogP contribution in [0.5, 0.6) is 5.75 Å². The van der Waals surface area contributed by atoms with Gasteiger partial charge in [0.05, 0.1) is 13.3 Å². The Bertz CT molecular complexity index is 929. The fraction of sp³-hybridized carbons (Fsp3) is 0.0588. The quantitative estimate of drug-likeness (QED) is 0.611. The van der Waals surface area contributed by atoms with E-state index >= 15 is 0 Å². The van der Waals surface area contributed by atoms with Crippen LogP contribution in [0.4, 0.5) is 11.5 Å². The van der Waals surface area contributed by atoms with Crippen LogP contribution in [0.1, 0.15) is 0 Å². The number of fused-ring (bicyclic) bond motifs is 1. The van der Waals surface area contributed by atoms with Crippen LogP contribution >= 0.6 is 11.3 Å². The van der Waals surface area contributed by atoms with E-state index in [0.717, 1.165) is 34.2 Å². The average molecular weight is 322 g/mol. The summed E-state index contributed by atoms with van der Waals surface area (Å²) >= 11 is 1.66. The first kappa shape index (κ1) is 13.8. The Kier molecular flexibility index (Phi) is 3.44. The van der Waals surface area contributed by atoms with Crippen molar-refractivity contribution >= 4 is 28.5 Å². The number of thiophene rings is 1. The Labute approximate surface area is 137 Å². The maximum Gasteiger partial charge on any atom is 0.157 e. The lowest BCUT2D eigenvalue weighted by molar-refractivity contribution is 0.415. The predicted molar refractivity (Wildman–Crippen MR) is 92.6 cm³/mol. The summed E-state index contributed by atoms with van der Waals surface area (Å²) in [4.78, 5) is 8.86. The Morgan fingerprint density at radius 2 is 2.04 bits per heavy atom. The number of anilines is 2. The summed E-state index contributed by atoms with van der Waals surface area (Å²) < 4.78 is 7.21. The molecule has 0 saturated heterocycles. The molecule has 23 heavy (non-hydrogen) atoms. The average Bonchev–Trinajstić information content (AvgIpc) is 3.24. The predicted octanol–water partition coefficient (Wildman–Crippen LogP) is 4.21. The summed E-state index contributed by atoms with van der Waals surface area (Å²) in [5.74, 6) is 1.75. The van der Waals surface area contributed by atoms with Crippen molar-refractivity contribution < 1.29 is 4.74 Å². The number of aromatic nitrogens is 3. The first-order chi connectivity index (χ1) is 11.3. The normalized spacial score (nSPS) is 10.8. The zero-order valence-corrected chi connectivity index (χ0v) is 13.2. The van der Waals surface area contributed by atoms with Gasteiger partial charge in [0, 0.05) is 29.0 Å². The van der Waals surface area contributed by atoms with Gasteiger partial charge in [-0.3, -0.25) is 9.38 Å². The second-order valence-corrected chi connectivity index (χ2v) is 5.76. The highest BCUT2D eigenvalue weighted by Gasteiger charge is 2.14. The van der Waals surface area contributed by atoms with Gasteiger partial charge in [-0.2, -0.15) is 11.3 Å². The van der Waals surface area contributed by atoms with Crippen molar-refractivity contribution in [3.8, 4) is 17.0 Å². The van der Waals surface area contributed by atoms with Crippen molar-refractivity contribution in [2.45, 2.75) is 0 Å². The lowest BCUT2D eigenvalue weighted by Crippen LogP contribution is -1.97. The first-order valence-corrected chi connectivity index (χ1v) is 8.05. The highest BCUT2D eigenvalue weighted by molar-refractivity contribution is 7.08. The molecule has 0 atom stereocenters. The molecule has 3 heterocycles. The monoisotopic (exact) mass is 322 g/mol. The minimum Gasteiger partial charge on any atom is -0.497 e. The van der Waals surface area contributed by atoms with Gasteiger partial charge in [-0.05, 0) is 35.7 Å². The van der Waals surface area contributed by atoms with Gasteiger partial charge in [0.25, 0.3) is 0 Å². The van der Waals surface area contributed by atoms with Gasteiger partial charge in [0.15, 0.2) is 5.65 Å². The van der Waals surface area contributed by atoms with Gasteiger partial charge in [0.1, 0.15) is 17.3 Å². The third-order valence-corrected chi connectivity index (χ3v) is 4.26. The molecule has 0 aliphatic heterocycles. The van der Waals surface area contributed by atoms with Crippen LogP contribution in [0, 0.1) is 0 Å². The molecular weight excluding hydrogens is 308 g/mol. The number of ether oxygens (including phenoxy) is 1. The van der Waals surface area contributed by atoms with Crippen molar-refractivity contribution in [1.82, 2.24) is 14.4 Å². The number of nitrogens with zero attached hydrogens (tertiary/aromatic N) is 3. The van der Waals surface area contributed by atoms with Crippen molar-refractivity contribution in [2.75, 3.05) is 12.4 Å². The van der Waals surface area contributed by atoms with Crippen LogP contribution in [0.25, 0.3) is 16.9 Å². The third-order valence-electron chi connectivity index (χ3n) is 3.58. The molecule has 0 amide bonds. The number of rotatable bonds is 4. The van der Waals surface area contributed by atoms with E-state index in [2.05, 4.69) is 27.1 Å². The van der Waals surface area contributed by atoms with Crippen LogP contribution in [0.3, 0.4) is 0 Å². The summed E-state index contributed by atoms with van der Waals surface area (Å²) in [7, 11) is 1.66. The molecule has 4 aromatic rings. The van der Waals surface area contributed by atoms with Crippen LogP contribution in [-0.2, 0) is 0 Å². The fourth-order valence-electron chi connectivity index (χ4n) is 2.44. The van der Waals surface area contributed by atoms with Gasteiger partial charge in [-0.15, -0.1) is 0 Å². The van der Waals surface area contributed by atoms with E-state index in [-0.39, 0.29) is 0 Å². The molecule has 0 unspecified atom stereocenters. The molecule has 0 radical (unpaired) electrons. The molecule has 1 aromatic carbocycles. The lowest BCUT2D eigenvalue weighted by Gasteiger charge is -2.09. The smallest absolute Gasteiger partial charge is 0.157 e. The van der Waals surface area contributed by atoms with Crippen LogP contribution in [0.15, 0.2) is 59.7 Å². The number of hydrogen-bond donors (Lipinski definition) is 1. The van der Waals surface area contributed by atoms with E-state index in [1.165, 1.54) is 0 Å². The molecule has 0 aliphatic carbocycles. The highest BCUT2D eigenvalue weighted by atomic mass is 32.1. The second-order valence-electron chi connectivity index (χ2n) is 4.98. The highest BCUT2D eigenvalue weighted by Crippen LogP contribution is 2.32. The Morgan fingerprint density at radius 3 is 2.78 bits per heavy atom. The minimum absolute atomic E-state index is 0.810. The van der Waals surface area contributed by atoms with E-state index in [0.29, 0.717) is 0 Å². The maximum absolute atomic E-state index is 5.21. The molecule has 0 fully saturated rings. The number of nitrogens with one attached hydrogen (secondary N) is 1. The van der Waals surface area contributed by atoms with Crippen LogP contribution in [-0.4, -0.2) is 21.5 Å². The summed E-state index contributed by atoms with van der Waals surface area (Å²) in [6, 6.07) is 9.89. The van der Waals surface area contributed by atoms with E-state index < -0.39 is 0 Å². The van der Waals surface area contributed by atoms with Gasteiger partial charge >= 0.3 is 0 Å². The standard InChI is InChI=1S/C17H14N4OS/c1-22-14-4-2-13(3-5-14)19-17-16(12-6-9-23-11-12)20-15-10-18-7-8-21(15)17/h2-11,19H,1H3. The minimum atomic E-state index is 0.810. The zero-order chi connectivity index (χ0) is 15.6. The summed E-state index contributed by atoms with van der Waals surface area (Å²) in [5.41, 5.74) is 3.79. The number of hydrogen-bond acceptors (Lipinski definition) is 5. The van der Waals surface area contributed by atoms with Crippen molar-refractivity contribution in [2.24, 2.45) is 0 Å². The number of methoxy groups -OCH3 is 1. The van der Waals surface area contributed by atoms with E-state index in [1.54, 1.807) is 30.8 Å². The van der Waals surface area contributed by atoms with E-state index in [4.69, 9.17) is 9.72 Å². The van der Waals surface area contributed by atoms with Gasteiger partial charge in [0.2, 0.25) is 0 Å². The van der Waals surface area contributed by atoms with Crippen LogP contribution in [0.2, 0.25) is 0 Å². The Hall–Kier alpha value is -2.86. The molecule has 114 valence electrons. The molecule has 1 N–H and O–H groups in total. The molecule has 4 rings (SSSR count). The largest absolute Gasteiger partial charge is 0.497 e. The fourth-order valence-corrected chi connectivity index (χ4v) is 3.08. The summed E-state index contributed by atoms with van der Waals surface area (Å²) in [6.07, 6.45) is 5.42. The summed E-state index contributed by atoms with van der Waals surface area (Å²) in [6.45, 7) is 0. The molecule has 3 aromatic heterocycles. The zero-order valence-electron chi connectivity index (χ0n) is 12.4. The van der Waals surface area contributed by atoms with Crippen LogP contribution < -0.4 is 10.1 Å². The first-order valence-electron chi connectivity index (χ1n) is 7.11. The molecule has 0 bridgehead atoms. The van der Waals surface area contributed by atoms with E-state index in [9.17, 15) is 0 Å². The SMILES string of the molecule is COc1ccc(Nc2c(-c3ccsc3)nc3cnccn23)cc1. The third kappa shape index (κ3) is 2.53. The second kappa shape index (κ2) is 5.73. The van der Waals surface area contributed by atoms with E-state index in [1.807, 2.05) is 34.9 Å². The molecule has 0 saturated carbocycles. The molecule has 5 nitrogen and oxygen atoms in total. The van der Waals surface area contributed by atoms with Gasteiger partial charge in [-0.1, -0.05) is 0 Å². The lowest BCUT2D eigenvalue weighted by atomic mass is 10.2. The molecule has 6 heteroatoms.